The van der Waals surface area contributed by atoms with Crippen LogP contribution in [0.3, 0.4) is 0 Å². The predicted octanol–water partition coefficient (Wildman–Crippen LogP) is 5.94. The summed E-state index contributed by atoms with van der Waals surface area (Å²) in [4.78, 5) is 12.2. The first-order valence-electron chi connectivity index (χ1n) is 7.05. The Labute approximate surface area is 166 Å². The zero-order valence-electron chi connectivity index (χ0n) is 12.5. The minimum Gasteiger partial charge on any atom is -0.320 e. The van der Waals surface area contributed by atoms with Gasteiger partial charge in [0.1, 0.15) is 0 Å². The zero-order chi connectivity index (χ0) is 17.8. The first kappa shape index (κ1) is 18.1. The van der Waals surface area contributed by atoms with E-state index in [1.54, 1.807) is 30.3 Å². The smallest absolute Gasteiger partial charge is 0.286 e. The van der Waals surface area contributed by atoms with Gasteiger partial charge in [-0.3, -0.25) is 4.79 Å². The average Bonchev–Trinajstić information content (AvgIpc) is 3.09. The Kier molecular flexibility index (Phi) is 5.86. The molecule has 3 rings (SSSR count). The van der Waals surface area contributed by atoms with Crippen LogP contribution in [-0.2, 0) is 0 Å². The van der Waals surface area contributed by atoms with Crippen molar-refractivity contribution in [3.05, 3.63) is 73.6 Å². The molecule has 0 saturated carbocycles. The van der Waals surface area contributed by atoms with Crippen LogP contribution in [0.2, 0.25) is 5.02 Å². The summed E-state index contributed by atoms with van der Waals surface area (Å²) in [5.74, 6) is -0.348. The molecule has 2 aromatic carbocycles. The van der Waals surface area contributed by atoms with Crippen molar-refractivity contribution in [2.75, 3.05) is 5.32 Å². The van der Waals surface area contributed by atoms with Crippen LogP contribution in [0, 0.1) is 0 Å². The van der Waals surface area contributed by atoms with E-state index in [-0.39, 0.29) is 10.9 Å². The second-order valence-electron chi connectivity index (χ2n) is 4.92. The largest absolute Gasteiger partial charge is 0.320 e. The molecule has 0 unspecified atom stereocenters. The summed E-state index contributed by atoms with van der Waals surface area (Å²) in [6.07, 6.45) is 1.77. The number of anilines is 1. The molecular formula is C17H10BrCl2N3OS. The predicted molar refractivity (Wildman–Crippen MR) is 107 cm³/mol. The molecule has 0 aliphatic carbocycles. The van der Waals surface area contributed by atoms with Crippen molar-refractivity contribution in [1.29, 1.82) is 0 Å². The minimum atomic E-state index is -0.348. The average molecular weight is 455 g/mol. The number of hydrogen-bond acceptors (Lipinski definition) is 4. The summed E-state index contributed by atoms with van der Waals surface area (Å²) < 4.78 is 0.984. The molecule has 1 amide bonds. The van der Waals surface area contributed by atoms with Crippen LogP contribution in [0.25, 0.3) is 11.1 Å². The fraction of sp³-hybridized carbons (Fsp3) is 0. The lowest BCUT2D eigenvalue weighted by Crippen LogP contribution is -2.11. The van der Waals surface area contributed by atoms with Crippen molar-refractivity contribution in [1.82, 2.24) is 10.2 Å². The number of rotatable bonds is 4. The van der Waals surface area contributed by atoms with Gasteiger partial charge >= 0.3 is 0 Å². The highest BCUT2D eigenvalue weighted by Crippen LogP contribution is 2.26. The van der Waals surface area contributed by atoms with E-state index in [4.69, 9.17) is 23.2 Å². The van der Waals surface area contributed by atoms with Gasteiger partial charge in [0, 0.05) is 15.2 Å². The van der Waals surface area contributed by atoms with Gasteiger partial charge in [-0.25, -0.2) is 0 Å². The number of amides is 1. The molecule has 1 aromatic heterocycles. The van der Waals surface area contributed by atoms with Crippen LogP contribution in [0.5, 0.6) is 0 Å². The van der Waals surface area contributed by atoms with Gasteiger partial charge in [-0.15, -0.1) is 10.2 Å². The Morgan fingerprint density at radius 1 is 1.04 bits per heavy atom. The van der Waals surface area contributed by atoms with E-state index < -0.39 is 0 Å². The Balaban J connectivity index is 1.73. The van der Waals surface area contributed by atoms with Crippen molar-refractivity contribution < 1.29 is 4.79 Å². The lowest BCUT2D eigenvalue weighted by molar-refractivity contribution is 0.102. The van der Waals surface area contributed by atoms with Gasteiger partial charge in [-0.1, -0.05) is 62.6 Å². The number of halogens is 3. The van der Waals surface area contributed by atoms with Crippen LogP contribution in [0.1, 0.15) is 20.4 Å². The first-order chi connectivity index (χ1) is 12.0. The molecule has 25 heavy (non-hydrogen) atoms. The van der Waals surface area contributed by atoms with Gasteiger partial charge in [-0.05, 0) is 48.0 Å². The van der Waals surface area contributed by atoms with Crippen LogP contribution in [-0.4, -0.2) is 16.1 Å². The molecule has 0 atom stereocenters. The third-order valence-electron chi connectivity index (χ3n) is 3.09. The number of benzene rings is 2. The molecule has 1 N–H and O–H groups in total. The van der Waals surface area contributed by atoms with Crippen LogP contribution in [0.15, 0.2) is 53.0 Å². The van der Waals surface area contributed by atoms with Gasteiger partial charge in [-0.2, -0.15) is 0 Å². The first-order valence-corrected chi connectivity index (χ1v) is 9.41. The highest BCUT2D eigenvalue weighted by molar-refractivity contribution is 9.10. The van der Waals surface area contributed by atoms with Crippen molar-refractivity contribution >= 4 is 73.2 Å². The molecule has 0 radical (unpaired) electrons. The number of carbonyl (C=O) groups excluding carboxylic acids is 1. The molecule has 0 bridgehead atoms. The Hall–Kier alpha value is -1.73. The third kappa shape index (κ3) is 4.89. The maximum atomic E-state index is 12.2. The lowest BCUT2D eigenvalue weighted by atomic mass is 10.2. The summed E-state index contributed by atoms with van der Waals surface area (Å²) >= 11 is 16.6. The summed E-state index contributed by atoms with van der Waals surface area (Å²) in [5.41, 5.74) is 1.55. The molecule has 126 valence electrons. The molecule has 0 aliphatic rings. The zero-order valence-corrected chi connectivity index (χ0v) is 16.5. The van der Waals surface area contributed by atoms with E-state index in [0.29, 0.717) is 20.7 Å². The van der Waals surface area contributed by atoms with Gasteiger partial charge in [0.25, 0.3) is 5.91 Å². The fourth-order valence-electron chi connectivity index (χ4n) is 1.90. The maximum absolute atomic E-state index is 12.2. The number of aromatic nitrogens is 2. The molecule has 3 aromatic rings. The Morgan fingerprint density at radius 2 is 1.68 bits per heavy atom. The van der Waals surface area contributed by atoms with Crippen molar-refractivity contribution in [3.8, 4) is 0 Å². The molecule has 0 spiro atoms. The Bertz CT molecular complexity index is 924. The third-order valence-corrected chi connectivity index (χ3v) is 5.23. The fourth-order valence-corrected chi connectivity index (χ4v) is 3.21. The lowest BCUT2D eigenvalue weighted by Gasteiger charge is -2.01. The summed E-state index contributed by atoms with van der Waals surface area (Å²) in [7, 11) is 0. The van der Waals surface area contributed by atoms with Crippen molar-refractivity contribution in [3.63, 3.8) is 0 Å². The van der Waals surface area contributed by atoms with Gasteiger partial charge in [0.15, 0.2) is 5.01 Å². The van der Waals surface area contributed by atoms with Gasteiger partial charge < -0.3 is 5.32 Å². The van der Waals surface area contributed by atoms with Crippen molar-refractivity contribution in [2.45, 2.75) is 0 Å². The second kappa shape index (κ2) is 8.10. The van der Waals surface area contributed by atoms with Crippen molar-refractivity contribution in [2.24, 2.45) is 0 Å². The molecule has 0 aliphatic heterocycles. The molecule has 4 nitrogen and oxygen atoms in total. The molecular weight excluding hydrogens is 445 g/mol. The summed E-state index contributed by atoms with van der Waals surface area (Å²) in [6, 6.07) is 14.5. The van der Waals surface area contributed by atoms with Gasteiger partial charge in [0.2, 0.25) is 5.01 Å². The number of carbonyl (C=O) groups is 1. The van der Waals surface area contributed by atoms with E-state index in [1.807, 2.05) is 24.3 Å². The number of nitrogens with one attached hydrogen (secondary N) is 1. The van der Waals surface area contributed by atoms with Crippen LogP contribution in [0.4, 0.5) is 5.69 Å². The highest BCUT2D eigenvalue weighted by Gasteiger charge is 2.14. The van der Waals surface area contributed by atoms with E-state index >= 15 is 0 Å². The van der Waals surface area contributed by atoms with Crippen LogP contribution < -0.4 is 5.32 Å². The van der Waals surface area contributed by atoms with Crippen LogP contribution >= 0.6 is 50.5 Å². The SMILES string of the molecule is O=C(Nc1ccc(Cl)cc1)c1nnc(/C(Cl)=C/c2ccc(Br)cc2)s1. The Morgan fingerprint density at radius 3 is 2.36 bits per heavy atom. The summed E-state index contributed by atoms with van der Waals surface area (Å²) in [5, 5.41) is 12.4. The number of hydrogen-bond donors (Lipinski definition) is 1. The standard InChI is InChI=1S/C17H10BrCl2N3OS/c18-11-3-1-10(2-4-11)9-14(20)16-22-23-17(25-16)15(24)21-13-7-5-12(19)6-8-13/h1-9H,(H,21,24)/b14-9-. The molecule has 0 fully saturated rings. The second-order valence-corrected chi connectivity index (χ2v) is 7.65. The normalized spacial score (nSPS) is 11.4. The number of nitrogens with zero attached hydrogens (tertiary/aromatic N) is 2. The van der Waals surface area contributed by atoms with E-state index in [0.717, 1.165) is 21.4 Å². The van der Waals surface area contributed by atoms with E-state index in [9.17, 15) is 4.79 Å². The maximum Gasteiger partial charge on any atom is 0.286 e. The van der Waals surface area contributed by atoms with E-state index in [2.05, 4.69) is 31.4 Å². The molecule has 0 saturated heterocycles. The highest BCUT2D eigenvalue weighted by atomic mass is 79.9. The topological polar surface area (TPSA) is 54.9 Å². The minimum absolute atomic E-state index is 0.229. The quantitative estimate of drug-likeness (QED) is 0.530. The summed E-state index contributed by atoms with van der Waals surface area (Å²) in [6.45, 7) is 0. The van der Waals surface area contributed by atoms with E-state index in [1.165, 1.54) is 0 Å². The molecule has 1 heterocycles. The monoisotopic (exact) mass is 453 g/mol. The molecule has 8 heteroatoms. The van der Waals surface area contributed by atoms with Gasteiger partial charge in [0.05, 0.1) is 5.03 Å².